The van der Waals surface area contributed by atoms with Crippen LogP contribution in [0.15, 0.2) is 54.3 Å². The molecule has 0 bridgehead atoms. The summed E-state index contributed by atoms with van der Waals surface area (Å²) in [5, 5.41) is 12.3. The van der Waals surface area contributed by atoms with Gasteiger partial charge in [0.05, 0.1) is 0 Å². The zero-order valence-corrected chi connectivity index (χ0v) is 9.47. The smallest absolute Gasteiger partial charge is 0.330 e. The van der Waals surface area contributed by atoms with Crippen LogP contribution in [0.25, 0.3) is 0 Å². The molecule has 0 saturated heterocycles. The molecule has 1 atom stereocenters. The van der Waals surface area contributed by atoms with Gasteiger partial charge < -0.3 is 10.4 Å². The number of aliphatic carboxylic acids is 1. The van der Waals surface area contributed by atoms with Crippen molar-refractivity contribution < 1.29 is 9.90 Å². The number of carboxylic acids is 1. The van der Waals surface area contributed by atoms with E-state index in [1.807, 2.05) is 42.5 Å². The van der Waals surface area contributed by atoms with Crippen molar-refractivity contribution in [1.82, 2.24) is 5.32 Å². The number of hydrogen-bond acceptors (Lipinski definition) is 2. The maximum Gasteiger partial charge on any atom is 0.330 e. The molecule has 0 spiro atoms. The first-order chi connectivity index (χ1) is 8.27. The van der Waals surface area contributed by atoms with Gasteiger partial charge in [0.1, 0.15) is 6.04 Å². The van der Waals surface area contributed by atoms with Crippen molar-refractivity contribution in [1.29, 1.82) is 0 Å². The van der Waals surface area contributed by atoms with E-state index in [2.05, 4.69) is 11.4 Å². The van der Waals surface area contributed by atoms with Crippen LogP contribution in [0, 0.1) is 0 Å². The molecular formula is C14H15NO2. The predicted octanol–water partition coefficient (Wildman–Crippen LogP) is 2.64. The lowest BCUT2D eigenvalue weighted by atomic mass is 10.0. The van der Waals surface area contributed by atoms with Crippen LogP contribution in [-0.4, -0.2) is 11.1 Å². The summed E-state index contributed by atoms with van der Waals surface area (Å²) in [6.07, 6.45) is 7.79. The Morgan fingerprint density at radius 2 is 2.06 bits per heavy atom. The highest BCUT2D eigenvalue weighted by molar-refractivity contribution is 5.75. The molecule has 17 heavy (non-hydrogen) atoms. The maximum absolute atomic E-state index is 11.3. The molecule has 3 nitrogen and oxygen atoms in total. The van der Waals surface area contributed by atoms with Crippen molar-refractivity contribution in [3.8, 4) is 0 Å². The van der Waals surface area contributed by atoms with Crippen molar-refractivity contribution >= 4 is 5.97 Å². The van der Waals surface area contributed by atoms with Crippen molar-refractivity contribution in [3.05, 3.63) is 59.8 Å². The predicted molar refractivity (Wildman–Crippen MR) is 66.4 cm³/mol. The quantitative estimate of drug-likeness (QED) is 0.834. The van der Waals surface area contributed by atoms with Crippen LogP contribution in [0.1, 0.15) is 24.4 Å². The molecule has 0 heterocycles. The summed E-state index contributed by atoms with van der Waals surface area (Å²) in [5.41, 5.74) is 1.75. The normalized spacial score (nSPS) is 16.1. The van der Waals surface area contributed by atoms with Gasteiger partial charge in [-0.3, -0.25) is 0 Å². The molecule has 1 aromatic rings. The van der Waals surface area contributed by atoms with E-state index >= 15 is 0 Å². The third kappa shape index (κ3) is 2.97. The lowest BCUT2D eigenvalue weighted by Crippen LogP contribution is -2.28. The fourth-order valence-electron chi connectivity index (χ4n) is 1.84. The van der Waals surface area contributed by atoms with Gasteiger partial charge in [0, 0.05) is 5.70 Å². The minimum atomic E-state index is -0.855. The van der Waals surface area contributed by atoms with Crippen LogP contribution in [0.5, 0.6) is 0 Å². The van der Waals surface area contributed by atoms with Crippen molar-refractivity contribution in [2.45, 2.75) is 18.9 Å². The van der Waals surface area contributed by atoms with Gasteiger partial charge in [-0.15, -0.1) is 0 Å². The molecule has 0 aromatic heterocycles. The first kappa shape index (κ1) is 11.5. The average Bonchev–Trinajstić information content (AvgIpc) is 2.38. The van der Waals surface area contributed by atoms with Gasteiger partial charge in [-0.2, -0.15) is 0 Å². The Hall–Kier alpha value is -2.03. The lowest BCUT2D eigenvalue weighted by molar-refractivity contribution is -0.139. The summed E-state index contributed by atoms with van der Waals surface area (Å²) in [7, 11) is 0. The highest BCUT2D eigenvalue weighted by atomic mass is 16.4. The second-order valence-corrected chi connectivity index (χ2v) is 3.99. The molecule has 1 unspecified atom stereocenters. The zero-order valence-electron chi connectivity index (χ0n) is 9.47. The highest BCUT2D eigenvalue weighted by Crippen LogP contribution is 2.18. The third-order valence-corrected chi connectivity index (χ3v) is 2.72. The van der Waals surface area contributed by atoms with Crippen LogP contribution in [0.3, 0.4) is 0 Å². The summed E-state index contributed by atoms with van der Waals surface area (Å²) in [6, 6.07) is 8.56. The number of nitrogens with one attached hydrogen (secondary N) is 1. The molecular weight excluding hydrogens is 214 g/mol. The van der Waals surface area contributed by atoms with Gasteiger partial charge in [0.15, 0.2) is 0 Å². The fourth-order valence-corrected chi connectivity index (χ4v) is 1.84. The lowest BCUT2D eigenvalue weighted by Gasteiger charge is -2.19. The second kappa shape index (κ2) is 5.34. The van der Waals surface area contributed by atoms with E-state index in [1.165, 1.54) is 0 Å². The largest absolute Gasteiger partial charge is 0.479 e. The SMILES string of the molecule is O=C(O)C(NC1=CC=CCC1)c1ccccc1. The number of carboxylic acid groups (broad SMARTS) is 1. The summed E-state index contributed by atoms with van der Waals surface area (Å²) in [5.74, 6) is -0.855. The molecule has 1 aliphatic rings. The average molecular weight is 229 g/mol. The summed E-state index contributed by atoms with van der Waals surface area (Å²) < 4.78 is 0. The molecule has 2 N–H and O–H groups in total. The highest BCUT2D eigenvalue weighted by Gasteiger charge is 2.19. The van der Waals surface area contributed by atoms with Gasteiger partial charge in [-0.25, -0.2) is 4.79 Å². The van der Waals surface area contributed by atoms with E-state index in [0.29, 0.717) is 0 Å². The monoisotopic (exact) mass is 229 g/mol. The van der Waals surface area contributed by atoms with Crippen molar-refractivity contribution in [2.75, 3.05) is 0 Å². The minimum absolute atomic E-state index is 0.672. The number of hydrogen-bond donors (Lipinski definition) is 2. The Balaban J connectivity index is 2.16. The van der Waals surface area contributed by atoms with E-state index in [4.69, 9.17) is 0 Å². The van der Waals surface area contributed by atoms with Crippen molar-refractivity contribution in [2.24, 2.45) is 0 Å². The minimum Gasteiger partial charge on any atom is -0.479 e. The number of carbonyl (C=O) groups is 1. The first-order valence-electron chi connectivity index (χ1n) is 5.67. The Kier molecular flexibility index (Phi) is 3.60. The number of rotatable bonds is 4. The van der Waals surface area contributed by atoms with Gasteiger partial charge in [0.2, 0.25) is 0 Å². The van der Waals surface area contributed by atoms with Crippen molar-refractivity contribution in [3.63, 3.8) is 0 Å². The van der Waals surface area contributed by atoms with Gasteiger partial charge >= 0.3 is 5.97 Å². The van der Waals surface area contributed by atoms with Crippen LogP contribution in [0.4, 0.5) is 0 Å². The third-order valence-electron chi connectivity index (χ3n) is 2.72. The Labute approximate surface area is 100 Å². The topological polar surface area (TPSA) is 49.3 Å². The molecule has 0 amide bonds. The van der Waals surface area contributed by atoms with Crippen LogP contribution < -0.4 is 5.32 Å². The number of allylic oxidation sites excluding steroid dienone is 4. The maximum atomic E-state index is 11.3. The molecule has 1 aromatic carbocycles. The van der Waals surface area contributed by atoms with E-state index in [9.17, 15) is 9.90 Å². The summed E-state index contributed by atoms with van der Waals surface area (Å²) in [6.45, 7) is 0. The Bertz CT molecular complexity index is 449. The molecule has 0 radical (unpaired) electrons. The van der Waals surface area contributed by atoms with Crippen LogP contribution >= 0.6 is 0 Å². The first-order valence-corrected chi connectivity index (χ1v) is 5.67. The van der Waals surface area contributed by atoms with Gasteiger partial charge in [-0.05, 0) is 24.5 Å². The van der Waals surface area contributed by atoms with Crippen LogP contribution in [0.2, 0.25) is 0 Å². The van der Waals surface area contributed by atoms with E-state index in [1.54, 1.807) is 0 Å². The molecule has 88 valence electrons. The van der Waals surface area contributed by atoms with E-state index in [-0.39, 0.29) is 0 Å². The van der Waals surface area contributed by atoms with E-state index in [0.717, 1.165) is 24.1 Å². The molecule has 1 aliphatic carbocycles. The fraction of sp³-hybridized carbons (Fsp3) is 0.214. The van der Waals surface area contributed by atoms with Gasteiger partial charge in [-0.1, -0.05) is 42.5 Å². The summed E-state index contributed by atoms with van der Waals surface area (Å²) in [4.78, 5) is 11.3. The Morgan fingerprint density at radius 3 is 2.65 bits per heavy atom. The van der Waals surface area contributed by atoms with Gasteiger partial charge in [0.25, 0.3) is 0 Å². The summed E-state index contributed by atoms with van der Waals surface area (Å²) >= 11 is 0. The second-order valence-electron chi connectivity index (χ2n) is 3.99. The van der Waals surface area contributed by atoms with E-state index < -0.39 is 12.0 Å². The molecule has 2 rings (SSSR count). The molecule has 3 heteroatoms. The number of benzene rings is 1. The van der Waals surface area contributed by atoms with Crippen LogP contribution in [-0.2, 0) is 4.79 Å². The zero-order chi connectivity index (χ0) is 12.1. The molecule has 0 aliphatic heterocycles. The molecule has 0 fully saturated rings. The standard InChI is InChI=1S/C14H15NO2/c16-14(17)13(11-7-3-1-4-8-11)15-12-9-5-2-6-10-12/h1-5,7-9,13,15H,6,10H2,(H,16,17). The molecule has 0 saturated carbocycles. The Morgan fingerprint density at radius 1 is 1.29 bits per heavy atom.